The maximum Gasteiger partial charge on any atom is 0.199 e. The molecule has 1 aromatic carbocycles. The van der Waals surface area contributed by atoms with Crippen molar-refractivity contribution >= 4 is 34.5 Å². The predicted molar refractivity (Wildman–Crippen MR) is 91.2 cm³/mol. The normalized spacial score (nSPS) is 11.1. The molecule has 0 amide bonds. The number of rotatable bonds is 3. The lowest BCUT2D eigenvalue weighted by Gasteiger charge is -2.09. The summed E-state index contributed by atoms with van der Waals surface area (Å²) in [5.41, 5.74) is 1.96. The van der Waals surface area contributed by atoms with Crippen molar-refractivity contribution in [1.82, 2.24) is 19.7 Å². The topological polar surface area (TPSA) is 46.5 Å². The van der Waals surface area contributed by atoms with Crippen molar-refractivity contribution in [1.29, 1.82) is 0 Å². The van der Waals surface area contributed by atoms with Gasteiger partial charge in [0.2, 0.25) is 0 Å². The lowest BCUT2D eigenvalue weighted by Crippen LogP contribution is -2.02. The summed E-state index contributed by atoms with van der Waals surface area (Å²) in [6.07, 6.45) is 2.55. The van der Waals surface area contributed by atoms with Gasteiger partial charge in [-0.3, -0.25) is 14.6 Å². The molecule has 0 aliphatic heterocycles. The fourth-order valence-electron chi connectivity index (χ4n) is 2.55. The average Bonchev–Trinajstić information content (AvgIpc) is 3.18. The molecule has 0 atom stereocenters. The zero-order valence-electron chi connectivity index (χ0n) is 11.6. The fraction of sp³-hybridized carbons (Fsp3) is 0.0625. The first-order chi connectivity index (χ1) is 10.8. The number of H-pyrrole nitrogens is 1. The van der Waals surface area contributed by atoms with Crippen LogP contribution in [-0.2, 0) is 6.42 Å². The van der Waals surface area contributed by atoms with E-state index in [2.05, 4.69) is 32.7 Å². The lowest BCUT2D eigenvalue weighted by atomic mass is 10.1. The van der Waals surface area contributed by atoms with Gasteiger partial charge in [0.05, 0.1) is 11.2 Å². The van der Waals surface area contributed by atoms with E-state index >= 15 is 0 Å². The molecular weight excluding hydrogens is 312 g/mol. The Morgan fingerprint density at radius 1 is 1.14 bits per heavy atom. The molecule has 0 saturated heterocycles. The molecule has 0 fully saturated rings. The smallest absolute Gasteiger partial charge is 0.199 e. The van der Waals surface area contributed by atoms with Crippen molar-refractivity contribution in [2.75, 3.05) is 0 Å². The van der Waals surface area contributed by atoms with Crippen LogP contribution in [0.15, 0.2) is 54.0 Å². The highest BCUT2D eigenvalue weighted by Gasteiger charge is 2.12. The van der Waals surface area contributed by atoms with E-state index in [-0.39, 0.29) is 0 Å². The minimum atomic E-state index is 0.600. The van der Waals surface area contributed by atoms with E-state index in [1.807, 2.05) is 34.9 Å². The van der Waals surface area contributed by atoms with E-state index in [0.29, 0.717) is 4.77 Å². The molecule has 3 aromatic heterocycles. The number of pyridine rings is 1. The third-order valence-electron chi connectivity index (χ3n) is 3.52. The van der Waals surface area contributed by atoms with Gasteiger partial charge in [0.1, 0.15) is 5.82 Å². The number of aromatic nitrogens is 4. The predicted octanol–water partition coefficient (Wildman–Crippen LogP) is 4.13. The van der Waals surface area contributed by atoms with Crippen LogP contribution in [0.2, 0.25) is 0 Å². The van der Waals surface area contributed by atoms with Gasteiger partial charge in [-0.15, -0.1) is 11.3 Å². The van der Waals surface area contributed by atoms with Crippen molar-refractivity contribution in [2.24, 2.45) is 0 Å². The second-order valence-electron chi connectivity index (χ2n) is 4.88. The largest absolute Gasteiger partial charge is 0.271 e. The summed E-state index contributed by atoms with van der Waals surface area (Å²) in [5, 5.41) is 10.5. The number of nitrogens with one attached hydrogen (secondary N) is 1. The van der Waals surface area contributed by atoms with E-state index in [1.54, 1.807) is 17.5 Å². The number of thiophene rings is 1. The second kappa shape index (κ2) is 5.47. The van der Waals surface area contributed by atoms with Gasteiger partial charge in [-0.2, -0.15) is 5.10 Å². The van der Waals surface area contributed by atoms with E-state index in [0.717, 1.165) is 28.8 Å². The Morgan fingerprint density at radius 3 is 2.95 bits per heavy atom. The number of nitrogens with zero attached hydrogens (tertiary/aromatic N) is 3. The molecule has 0 saturated carbocycles. The minimum Gasteiger partial charge on any atom is -0.271 e. The van der Waals surface area contributed by atoms with Crippen molar-refractivity contribution < 1.29 is 0 Å². The first-order valence-electron chi connectivity index (χ1n) is 6.86. The van der Waals surface area contributed by atoms with Crippen LogP contribution in [0.1, 0.15) is 10.7 Å². The quantitative estimate of drug-likeness (QED) is 0.576. The summed E-state index contributed by atoms with van der Waals surface area (Å²) >= 11 is 7.16. The van der Waals surface area contributed by atoms with Crippen molar-refractivity contribution in [3.8, 4) is 5.69 Å². The van der Waals surface area contributed by atoms with Crippen LogP contribution in [0.3, 0.4) is 0 Å². The van der Waals surface area contributed by atoms with Gasteiger partial charge >= 0.3 is 0 Å². The molecule has 0 radical (unpaired) electrons. The summed E-state index contributed by atoms with van der Waals surface area (Å²) in [7, 11) is 0. The van der Waals surface area contributed by atoms with Gasteiger partial charge in [0.15, 0.2) is 4.77 Å². The van der Waals surface area contributed by atoms with Crippen molar-refractivity contribution in [2.45, 2.75) is 6.42 Å². The van der Waals surface area contributed by atoms with E-state index in [4.69, 9.17) is 12.2 Å². The third kappa shape index (κ3) is 2.26. The number of hydrogen-bond donors (Lipinski definition) is 1. The first kappa shape index (κ1) is 13.4. The Bertz CT molecular complexity index is 977. The van der Waals surface area contributed by atoms with Gasteiger partial charge in [0.25, 0.3) is 0 Å². The summed E-state index contributed by atoms with van der Waals surface area (Å²) < 4.78 is 2.60. The maximum absolute atomic E-state index is 5.44. The maximum atomic E-state index is 5.44. The lowest BCUT2D eigenvalue weighted by molar-refractivity contribution is 0.915. The average molecular weight is 324 g/mol. The summed E-state index contributed by atoms with van der Waals surface area (Å²) in [4.78, 5) is 5.67. The number of hydrogen-bond acceptors (Lipinski definition) is 4. The van der Waals surface area contributed by atoms with Crippen LogP contribution in [-0.4, -0.2) is 19.7 Å². The number of aromatic amines is 1. The highest BCUT2D eigenvalue weighted by Crippen LogP contribution is 2.23. The molecule has 1 N–H and O–H groups in total. The van der Waals surface area contributed by atoms with Crippen LogP contribution >= 0.6 is 23.6 Å². The zero-order valence-corrected chi connectivity index (χ0v) is 13.2. The van der Waals surface area contributed by atoms with Crippen LogP contribution < -0.4 is 0 Å². The number of benzene rings is 1. The summed E-state index contributed by atoms with van der Waals surface area (Å²) in [6, 6.07) is 14.2. The molecule has 0 aliphatic rings. The van der Waals surface area contributed by atoms with E-state index in [9.17, 15) is 0 Å². The van der Waals surface area contributed by atoms with Crippen LogP contribution in [0.25, 0.3) is 16.6 Å². The van der Waals surface area contributed by atoms with Gasteiger partial charge in [-0.25, -0.2) is 0 Å². The van der Waals surface area contributed by atoms with Gasteiger partial charge in [0, 0.05) is 22.9 Å². The molecular formula is C16H12N4S2. The van der Waals surface area contributed by atoms with Crippen LogP contribution in [0.4, 0.5) is 0 Å². The van der Waals surface area contributed by atoms with Gasteiger partial charge in [-0.05, 0) is 47.9 Å². The SMILES string of the molecule is S=c1[nH]nc(Cc2cccs2)n1-c1cccc2ncccc12. The van der Waals surface area contributed by atoms with E-state index in [1.165, 1.54) is 4.88 Å². The monoisotopic (exact) mass is 324 g/mol. The highest BCUT2D eigenvalue weighted by molar-refractivity contribution is 7.71. The van der Waals surface area contributed by atoms with Crippen LogP contribution in [0.5, 0.6) is 0 Å². The van der Waals surface area contributed by atoms with Crippen LogP contribution in [0, 0.1) is 4.77 Å². The van der Waals surface area contributed by atoms with Crippen molar-refractivity contribution in [3.05, 3.63) is 69.5 Å². The second-order valence-corrected chi connectivity index (χ2v) is 6.30. The highest BCUT2D eigenvalue weighted by atomic mass is 32.1. The minimum absolute atomic E-state index is 0.600. The zero-order chi connectivity index (χ0) is 14.9. The number of fused-ring (bicyclic) bond motifs is 1. The molecule has 4 rings (SSSR count). The molecule has 3 heterocycles. The molecule has 22 heavy (non-hydrogen) atoms. The Balaban J connectivity index is 1.92. The molecule has 4 nitrogen and oxygen atoms in total. The Kier molecular flexibility index (Phi) is 3.32. The molecule has 4 aromatic rings. The molecule has 6 heteroatoms. The van der Waals surface area contributed by atoms with Gasteiger partial charge < -0.3 is 0 Å². The molecule has 0 spiro atoms. The summed E-state index contributed by atoms with van der Waals surface area (Å²) in [6.45, 7) is 0. The molecule has 0 aliphatic carbocycles. The summed E-state index contributed by atoms with van der Waals surface area (Å²) in [5.74, 6) is 0.906. The Labute approximate surface area is 136 Å². The molecule has 108 valence electrons. The standard InChI is InChI=1S/C16H12N4S2/c21-16-19-18-15(10-11-4-3-9-22-11)20(16)14-7-1-6-13-12(14)5-2-8-17-13/h1-9H,10H2,(H,19,21). The Morgan fingerprint density at radius 2 is 2.09 bits per heavy atom. The van der Waals surface area contributed by atoms with E-state index < -0.39 is 0 Å². The first-order valence-corrected chi connectivity index (χ1v) is 8.14. The molecule has 0 bridgehead atoms. The fourth-order valence-corrected chi connectivity index (χ4v) is 3.50. The molecule has 0 unspecified atom stereocenters. The Hall–Kier alpha value is -2.31. The third-order valence-corrected chi connectivity index (χ3v) is 4.67. The van der Waals surface area contributed by atoms with Gasteiger partial charge in [-0.1, -0.05) is 12.1 Å². The van der Waals surface area contributed by atoms with Crippen molar-refractivity contribution in [3.63, 3.8) is 0 Å².